The van der Waals surface area contributed by atoms with Gasteiger partial charge < -0.3 is 0 Å². The second-order valence-corrected chi connectivity index (χ2v) is 7.27. The first kappa shape index (κ1) is 16.0. The van der Waals surface area contributed by atoms with Gasteiger partial charge in [0.25, 0.3) is 0 Å². The summed E-state index contributed by atoms with van der Waals surface area (Å²) in [5, 5.41) is 0. The molecule has 2 saturated carbocycles. The van der Waals surface area contributed by atoms with Gasteiger partial charge in [-0.1, -0.05) is 18.9 Å². The maximum absolute atomic E-state index is 13.2. The largest absolute Gasteiger partial charge is 0.204 e. The number of aryl methyl sites for hydroxylation is 1. The highest BCUT2D eigenvalue weighted by atomic mass is 19.2. The lowest BCUT2D eigenvalue weighted by molar-refractivity contribution is 0.173. The predicted molar refractivity (Wildman–Crippen MR) is 86.4 cm³/mol. The van der Waals surface area contributed by atoms with Crippen molar-refractivity contribution in [3.8, 4) is 0 Å². The van der Waals surface area contributed by atoms with Crippen LogP contribution < -0.4 is 0 Å². The van der Waals surface area contributed by atoms with Gasteiger partial charge in [-0.15, -0.1) is 0 Å². The van der Waals surface area contributed by atoms with Gasteiger partial charge in [-0.05, 0) is 93.2 Å². The van der Waals surface area contributed by atoms with Crippen LogP contribution in [-0.4, -0.2) is 0 Å². The monoisotopic (exact) mass is 305 g/mol. The van der Waals surface area contributed by atoms with Crippen molar-refractivity contribution in [2.45, 2.75) is 64.2 Å². The summed E-state index contributed by atoms with van der Waals surface area (Å²) in [5.74, 6) is 1.24. The maximum Gasteiger partial charge on any atom is 0.159 e. The lowest BCUT2D eigenvalue weighted by atomic mass is 9.70. The molecule has 0 aliphatic heterocycles. The van der Waals surface area contributed by atoms with Crippen molar-refractivity contribution in [3.05, 3.63) is 41.8 Å². The van der Waals surface area contributed by atoms with E-state index in [1.165, 1.54) is 63.5 Å². The fraction of sp³-hybridized carbons (Fsp3) is 0.650. The molecule has 0 N–H and O–H groups in total. The molecule has 2 aliphatic carbocycles. The van der Waals surface area contributed by atoms with Gasteiger partial charge in [0.05, 0.1) is 0 Å². The van der Waals surface area contributed by atoms with Gasteiger partial charge >= 0.3 is 0 Å². The van der Waals surface area contributed by atoms with Gasteiger partial charge in [0.15, 0.2) is 11.6 Å². The fourth-order valence-electron chi connectivity index (χ4n) is 4.44. The summed E-state index contributed by atoms with van der Waals surface area (Å²) in [6, 6.07) is 4.34. The normalized spacial score (nSPS) is 27.0. The highest BCUT2D eigenvalue weighted by molar-refractivity contribution is 5.17. The molecule has 2 fully saturated rings. The molecule has 2 heteroatoms. The van der Waals surface area contributed by atoms with Crippen molar-refractivity contribution >= 4 is 0 Å². The van der Waals surface area contributed by atoms with E-state index in [0.717, 1.165) is 36.2 Å². The number of hydrogen-bond donors (Lipinski definition) is 0. The topological polar surface area (TPSA) is 0 Å². The highest BCUT2D eigenvalue weighted by Gasteiger charge is 2.28. The second-order valence-electron chi connectivity index (χ2n) is 7.27. The lowest BCUT2D eigenvalue weighted by Gasteiger charge is -2.35. The summed E-state index contributed by atoms with van der Waals surface area (Å²) in [7, 11) is 0. The molecular formula is C20H27F2. The fourth-order valence-corrected chi connectivity index (χ4v) is 4.44. The molecule has 121 valence electrons. The van der Waals surface area contributed by atoms with Crippen LogP contribution in [0.2, 0.25) is 0 Å². The highest BCUT2D eigenvalue weighted by Crippen LogP contribution is 2.40. The third-order valence-corrected chi connectivity index (χ3v) is 5.87. The van der Waals surface area contributed by atoms with Crippen LogP contribution in [0.1, 0.15) is 63.4 Å². The zero-order valence-electron chi connectivity index (χ0n) is 13.4. The van der Waals surface area contributed by atoms with Crippen LogP contribution in [0.25, 0.3) is 0 Å². The molecule has 0 bridgehead atoms. The second kappa shape index (κ2) is 7.57. The van der Waals surface area contributed by atoms with Gasteiger partial charge in [-0.2, -0.15) is 0 Å². The van der Waals surface area contributed by atoms with Crippen molar-refractivity contribution < 1.29 is 8.78 Å². The predicted octanol–water partition coefficient (Wildman–Crippen LogP) is 6.10. The van der Waals surface area contributed by atoms with Crippen LogP contribution in [0, 0.1) is 35.8 Å². The molecule has 0 heterocycles. The zero-order chi connectivity index (χ0) is 15.4. The summed E-state index contributed by atoms with van der Waals surface area (Å²) >= 11 is 0. The van der Waals surface area contributed by atoms with E-state index in [1.54, 1.807) is 6.07 Å². The molecule has 0 nitrogen and oxygen atoms in total. The summed E-state index contributed by atoms with van der Waals surface area (Å²) in [6.07, 6.45) is 15.3. The first-order valence-corrected chi connectivity index (χ1v) is 8.98. The molecule has 0 spiro atoms. The number of rotatable bonds is 4. The Balaban J connectivity index is 1.42. The molecular weight excluding hydrogens is 278 g/mol. The minimum Gasteiger partial charge on any atom is -0.204 e. The van der Waals surface area contributed by atoms with Gasteiger partial charge in [0.1, 0.15) is 0 Å². The third-order valence-electron chi connectivity index (χ3n) is 5.87. The molecule has 0 unspecified atom stereocenters. The van der Waals surface area contributed by atoms with Crippen molar-refractivity contribution in [3.63, 3.8) is 0 Å². The van der Waals surface area contributed by atoms with Gasteiger partial charge in [0, 0.05) is 0 Å². The zero-order valence-corrected chi connectivity index (χ0v) is 13.4. The quantitative estimate of drug-likeness (QED) is 0.630. The molecule has 0 saturated heterocycles. The minimum atomic E-state index is -0.742. The van der Waals surface area contributed by atoms with E-state index in [2.05, 4.69) is 6.42 Å². The first-order valence-electron chi connectivity index (χ1n) is 8.98. The summed E-state index contributed by atoms with van der Waals surface area (Å²) in [5.41, 5.74) is 0.934. The van der Waals surface area contributed by atoms with Crippen molar-refractivity contribution in [1.82, 2.24) is 0 Å². The molecule has 1 aromatic rings. The van der Waals surface area contributed by atoms with Crippen molar-refractivity contribution in [2.75, 3.05) is 0 Å². The van der Waals surface area contributed by atoms with E-state index in [-0.39, 0.29) is 0 Å². The molecule has 0 aromatic heterocycles. The van der Waals surface area contributed by atoms with Crippen LogP contribution in [0.15, 0.2) is 18.2 Å². The first-order chi connectivity index (χ1) is 10.7. The number of hydrogen-bond acceptors (Lipinski definition) is 0. The Morgan fingerprint density at radius 3 is 2.18 bits per heavy atom. The molecule has 22 heavy (non-hydrogen) atoms. The molecule has 0 atom stereocenters. The molecule has 0 amide bonds. The Morgan fingerprint density at radius 1 is 0.818 bits per heavy atom. The van der Waals surface area contributed by atoms with Crippen molar-refractivity contribution in [1.29, 1.82) is 0 Å². The van der Waals surface area contributed by atoms with Gasteiger partial charge in [-0.25, -0.2) is 8.78 Å². The summed E-state index contributed by atoms with van der Waals surface area (Å²) in [6.45, 7) is 0. The minimum absolute atomic E-state index is 0.713. The SMILES string of the molecule is Fc1ccc(CCC2CCC(C3CC[CH]CC3)CC2)cc1F. The molecule has 2 aliphatic rings. The number of benzene rings is 1. The Bertz CT molecular complexity index is 469. The Labute approximate surface area is 133 Å². The van der Waals surface area contributed by atoms with Gasteiger partial charge in [0.2, 0.25) is 0 Å². The summed E-state index contributed by atoms with van der Waals surface area (Å²) in [4.78, 5) is 0. The Morgan fingerprint density at radius 2 is 1.50 bits per heavy atom. The average Bonchev–Trinajstić information content (AvgIpc) is 2.57. The smallest absolute Gasteiger partial charge is 0.159 e. The van der Waals surface area contributed by atoms with E-state index in [9.17, 15) is 8.78 Å². The van der Waals surface area contributed by atoms with Crippen molar-refractivity contribution in [2.24, 2.45) is 17.8 Å². The average molecular weight is 305 g/mol. The third kappa shape index (κ3) is 4.08. The van der Waals surface area contributed by atoms with Crippen LogP contribution in [0.5, 0.6) is 0 Å². The van der Waals surface area contributed by atoms with Crippen LogP contribution in [-0.2, 0) is 6.42 Å². The van der Waals surface area contributed by atoms with Crippen LogP contribution >= 0.6 is 0 Å². The van der Waals surface area contributed by atoms with E-state index in [4.69, 9.17) is 0 Å². The van der Waals surface area contributed by atoms with Crippen LogP contribution in [0.3, 0.4) is 0 Å². The molecule has 3 rings (SSSR count). The molecule has 1 radical (unpaired) electrons. The van der Waals surface area contributed by atoms with Gasteiger partial charge in [-0.3, -0.25) is 0 Å². The Hall–Kier alpha value is -0.920. The maximum atomic E-state index is 13.2. The lowest BCUT2D eigenvalue weighted by Crippen LogP contribution is -2.23. The standard InChI is InChI=1S/C20H27F2/c21-19-13-10-16(14-20(19)22)7-6-15-8-11-18(12-9-15)17-4-2-1-3-5-17/h1,10,13-15,17-18H,2-9,11-12H2. The van der Waals surface area contributed by atoms with E-state index >= 15 is 0 Å². The summed E-state index contributed by atoms with van der Waals surface area (Å²) < 4.78 is 26.2. The van der Waals surface area contributed by atoms with E-state index in [1.807, 2.05) is 0 Å². The van der Waals surface area contributed by atoms with Crippen LogP contribution in [0.4, 0.5) is 8.78 Å². The molecule has 1 aromatic carbocycles. The number of halogens is 2. The van der Waals surface area contributed by atoms with E-state index < -0.39 is 11.6 Å². The van der Waals surface area contributed by atoms with E-state index in [0.29, 0.717) is 0 Å². The Kier molecular flexibility index (Phi) is 5.49.